The monoisotopic (exact) mass is 256 g/mol. The van der Waals surface area contributed by atoms with Crippen LogP contribution in [-0.4, -0.2) is 34.6 Å². The van der Waals surface area contributed by atoms with Crippen LogP contribution >= 0.6 is 0 Å². The van der Waals surface area contributed by atoms with Gasteiger partial charge in [0.25, 0.3) is 0 Å². The van der Waals surface area contributed by atoms with Gasteiger partial charge in [-0.05, 0) is 6.42 Å². The number of nitrogens with two attached hydrogens (primary N) is 1. The minimum atomic E-state index is -1.21. The highest BCUT2D eigenvalue weighted by molar-refractivity contribution is 5.84. The van der Waals surface area contributed by atoms with Gasteiger partial charge in [0.15, 0.2) is 11.6 Å². The fraction of sp³-hybridized carbons (Fsp3) is 0.545. The maximum atomic E-state index is 14.0. The van der Waals surface area contributed by atoms with Gasteiger partial charge in [0, 0.05) is 6.42 Å². The minimum absolute atomic E-state index is 0.0275. The molecule has 0 spiro atoms. The van der Waals surface area contributed by atoms with Crippen LogP contribution in [0.4, 0.5) is 14.6 Å². The molecule has 1 aromatic heterocycles. The number of alkyl halides is 1. The second-order valence-corrected chi connectivity index (χ2v) is 4.22. The Bertz CT molecular complexity index is 468. The molecule has 0 unspecified atom stereocenters. The summed E-state index contributed by atoms with van der Waals surface area (Å²) >= 11 is 0. The molecule has 7 heteroatoms. The number of nitrogens with zero attached hydrogens (tertiary/aromatic N) is 3. The molecule has 0 saturated carbocycles. The zero-order chi connectivity index (χ0) is 13.3. The van der Waals surface area contributed by atoms with Crippen LogP contribution in [0.25, 0.3) is 0 Å². The van der Waals surface area contributed by atoms with Gasteiger partial charge in [-0.2, -0.15) is 0 Å². The molecule has 2 N–H and O–H groups in total. The van der Waals surface area contributed by atoms with Crippen LogP contribution < -0.4 is 10.6 Å². The minimum Gasteiger partial charge on any atom is -0.368 e. The first-order chi connectivity index (χ1) is 8.54. The van der Waals surface area contributed by atoms with Crippen molar-refractivity contribution in [2.75, 3.05) is 11.4 Å². The summed E-state index contributed by atoms with van der Waals surface area (Å²) in [6.45, 7) is 1.67. The van der Waals surface area contributed by atoms with E-state index in [4.69, 9.17) is 5.73 Å². The average molecular weight is 256 g/mol. The molecule has 0 bridgehead atoms. The molecule has 1 aromatic rings. The van der Waals surface area contributed by atoms with E-state index in [1.807, 2.05) is 0 Å². The van der Waals surface area contributed by atoms with Gasteiger partial charge in [-0.1, -0.05) is 6.92 Å². The SMILES string of the molecule is CCc1ncnc(N2C[C@H](F)C[C@H]2C(N)=O)c1F. The molecule has 1 aliphatic heterocycles. The number of carbonyl (C=O) groups is 1. The van der Waals surface area contributed by atoms with Crippen LogP contribution in [0.2, 0.25) is 0 Å². The first kappa shape index (κ1) is 12.7. The summed E-state index contributed by atoms with van der Waals surface area (Å²) < 4.78 is 27.4. The Hall–Kier alpha value is -1.79. The quantitative estimate of drug-likeness (QED) is 0.858. The van der Waals surface area contributed by atoms with Crippen molar-refractivity contribution in [2.24, 2.45) is 5.73 Å². The van der Waals surface area contributed by atoms with Crippen molar-refractivity contribution in [3.05, 3.63) is 17.8 Å². The Labute approximate surface area is 103 Å². The molecular weight excluding hydrogens is 242 g/mol. The highest BCUT2D eigenvalue weighted by Gasteiger charge is 2.38. The summed E-state index contributed by atoms with van der Waals surface area (Å²) in [5.74, 6) is -1.34. The molecule has 2 heterocycles. The third-order valence-corrected chi connectivity index (χ3v) is 3.03. The summed E-state index contributed by atoms with van der Waals surface area (Å²) in [4.78, 5) is 20.1. The number of halogens is 2. The van der Waals surface area contributed by atoms with Crippen molar-refractivity contribution in [1.82, 2.24) is 9.97 Å². The van der Waals surface area contributed by atoms with Gasteiger partial charge in [-0.25, -0.2) is 18.7 Å². The highest BCUT2D eigenvalue weighted by atomic mass is 19.1. The fourth-order valence-electron chi connectivity index (χ4n) is 2.13. The zero-order valence-corrected chi connectivity index (χ0v) is 9.94. The topological polar surface area (TPSA) is 72.1 Å². The third-order valence-electron chi connectivity index (χ3n) is 3.03. The molecule has 1 saturated heterocycles. The van der Waals surface area contributed by atoms with E-state index in [1.165, 1.54) is 11.2 Å². The second kappa shape index (κ2) is 4.83. The van der Waals surface area contributed by atoms with E-state index >= 15 is 0 Å². The van der Waals surface area contributed by atoms with Gasteiger partial charge in [-0.3, -0.25) is 4.79 Å². The predicted molar refractivity (Wildman–Crippen MR) is 61.2 cm³/mol. The van der Waals surface area contributed by atoms with E-state index < -0.39 is 23.9 Å². The van der Waals surface area contributed by atoms with Gasteiger partial charge < -0.3 is 10.6 Å². The van der Waals surface area contributed by atoms with Crippen LogP contribution in [0.3, 0.4) is 0 Å². The number of carbonyl (C=O) groups excluding carboxylic acids is 1. The van der Waals surface area contributed by atoms with Gasteiger partial charge in [0.2, 0.25) is 5.91 Å². The van der Waals surface area contributed by atoms with Gasteiger partial charge >= 0.3 is 0 Å². The maximum absolute atomic E-state index is 14.0. The van der Waals surface area contributed by atoms with E-state index in [9.17, 15) is 13.6 Å². The van der Waals surface area contributed by atoms with Crippen molar-refractivity contribution in [2.45, 2.75) is 32.0 Å². The maximum Gasteiger partial charge on any atom is 0.240 e. The lowest BCUT2D eigenvalue weighted by Gasteiger charge is -2.23. The van der Waals surface area contributed by atoms with E-state index in [2.05, 4.69) is 9.97 Å². The number of aromatic nitrogens is 2. The Balaban J connectivity index is 2.38. The Morgan fingerprint density at radius 3 is 2.94 bits per heavy atom. The molecule has 18 heavy (non-hydrogen) atoms. The van der Waals surface area contributed by atoms with E-state index in [0.717, 1.165) is 0 Å². The lowest BCUT2D eigenvalue weighted by molar-refractivity contribution is -0.119. The van der Waals surface area contributed by atoms with Crippen LogP contribution in [0.1, 0.15) is 19.0 Å². The number of primary amides is 1. The van der Waals surface area contributed by atoms with Gasteiger partial charge in [-0.15, -0.1) is 0 Å². The van der Waals surface area contributed by atoms with Crippen LogP contribution in [0.5, 0.6) is 0 Å². The van der Waals surface area contributed by atoms with Crippen molar-refractivity contribution < 1.29 is 13.6 Å². The first-order valence-corrected chi connectivity index (χ1v) is 5.74. The zero-order valence-electron chi connectivity index (χ0n) is 9.94. The molecule has 1 amide bonds. The van der Waals surface area contributed by atoms with Crippen LogP contribution in [0, 0.1) is 5.82 Å². The van der Waals surface area contributed by atoms with Crippen molar-refractivity contribution in [1.29, 1.82) is 0 Å². The molecule has 2 rings (SSSR count). The Kier molecular flexibility index (Phi) is 3.40. The fourth-order valence-corrected chi connectivity index (χ4v) is 2.13. The number of hydrogen-bond acceptors (Lipinski definition) is 4. The Morgan fingerprint density at radius 2 is 2.33 bits per heavy atom. The third kappa shape index (κ3) is 2.12. The molecule has 0 aliphatic carbocycles. The van der Waals surface area contributed by atoms with Crippen LogP contribution in [0.15, 0.2) is 6.33 Å². The molecule has 1 fully saturated rings. The smallest absolute Gasteiger partial charge is 0.240 e. The number of hydrogen-bond donors (Lipinski definition) is 1. The summed E-state index contributed by atoms with van der Waals surface area (Å²) in [5.41, 5.74) is 5.44. The van der Waals surface area contributed by atoms with E-state index in [0.29, 0.717) is 6.42 Å². The normalized spacial score (nSPS) is 23.4. The molecular formula is C11H14F2N4O. The number of aryl methyl sites for hydroxylation is 1. The van der Waals surface area contributed by atoms with E-state index in [-0.39, 0.29) is 24.5 Å². The van der Waals surface area contributed by atoms with E-state index in [1.54, 1.807) is 6.92 Å². The number of anilines is 1. The van der Waals surface area contributed by atoms with Crippen molar-refractivity contribution in [3.8, 4) is 0 Å². The lowest BCUT2D eigenvalue weighted by Crippen LogP contribution is -2.41. The molecule has 5 nitrogen and oxygen atoms in total. The number of rotatable bonds is 3. The first-order valence-electron chi connectivity index (χ1n) is 5.74. The molecule has 0 aromatic carbocycles. The summed E-state index contributed by atoms with van der Waals surface area (Å²) in [6.07, 6.45) is 0.373. The summed E-state index contributed by atoms with van der Waals surface area (Å²) in [6, 6.07) is -0.853. The molecule has 2 atom stereocenters. The van der Waals surface area contributed by atoms with Gasteiger partial charge in [0.1, 0.15) is 18.5 Å². The number of amides is 1. The summed E-state index contributed by atoms with van der Waals surface area (Å²) in [7, 11) is 0. The van der Waals surface area contributed by atoms with Crippen molar-refractivity contribution >= 4 is 11.7 Å². The lowest BCUT2D eigenvalue weighted by atomic mass is 10.2. The standard InChI is InChI=1S/C11H14F2N4O/c1-2-7-9(13)11(16-5-15-7)17-4-6(12)3-8(17)10(14)18/h5-6,8H,2-4H2,1H3,(H2,14,18)/t6-,8+/m1/s1. The summed E-state index contributed by atoms with van der Waals surface area (Å²) in [5, 5.41) is 0. The van der Waals surface area contributed by atoms with Gasteiger partial charge in [0.05, 0.1) is 12.2 Å². The second-order valence-electron chi connectivity index (χ2n) is 4.22. The molecule has 98 valence electrons. The van der Waals surface area contributed by atoms with Crippen molar-refractivity contribution in [3.63, 3.8) is 0 Å². The van der Waals surface area contributed by atoms with Crippen LogP contribution in [-0.2, 0) is 11.2 Å². The average Bonchev–Trinajstić information content (AvgIpc) is 2.71. The predicted octanol–water partition coefficient (Wildman–Crippen LogP) is 0.580. The Morgan fingerprint density at radius 1 is 1.61 bits per heavy atom. The molecule has 1 aliphatic rings. The highest BCUT2D eigenvalue weighted by Crippen LogP contribution is 2.28. The largest absolute Gasteiger partial charge is 0.368 e. The molecule has 0 radical (unpaired) electrons.